The zero-order chi connectivity index (χ0) is 15.1. The van der Waals surface area contributed by atoms with Crippen molar-refractivity contribution >= 4 is 11.8 Å². The molecule has 0 saturated carbocycles. The average Bonchev–Trinajstić information content (AvgIpc) is 2.81. The average molecular weight is 291 g/mol. The van der Waals surface area contributed by atoms with Crippen LogP contribution in [0.5, 0.6) is 5.75 Å². The van der Waals surface area contributed by atoms with Crippen LogP contribution in [0.25, 0.3) is 0 Å². The monoisotopic (exact) mass is 291 g/mol. The number of ether oxygens (including phenoxy) is 1. The van der Waals surface area contributed by atoms with Gasteiger partial charge in [-0.15, -0.1) is 0 Å². The smallest absolute Gasteiger partial charge is 0.311 e. The second kappa shape index (κ2) is 7.64. The molecule has 1 aliphatic rings. The molecule has 2 amide bonds. The highest BCUT2D eigenvalue weighted by molar-refractivity contribution is 6.34. The van der Waals surface area contributed by atoms with Crippen molar-refractivity contribution in [1.29, 1.82) is 0 Å². The number of nitrogens with one attached hydrogen (secondary N) is 2. The van der Waals surface area contributed by atoms with Crippen LogP contribution in [-0.4, -0.2) is 50.0 Å². The summed E-state index contributed by atoms with van der Waals surface area (Å²) in [6, 6.07) is 7.37. The lowest BCUT2D eigenvalue weighted by atomic mass is 10.2. The predicted molar refractivity (Wildman–Crippen MR) is 78.9 cm³/mol. The number of benzene rings is 1. The van der Waals surface area contributed by atoms with E-state index in [1.807, 2.05) is 24.3 Å². The van der Waals surface area contributed by atoms with E-state index in [0.717, 1.165) is 30.8 Å². The first-order valence-electron chi connectivity index (χ1n) is 7.11. The van der Waals surface area contributed by atoms with Crippen LogP contribution in [0.2, 0.25) is 0 Å². The molecular formula is C15H21N3O3. The maximum Gasteiger partial charge on any atom is 0.311 e. The quantitative estimate of drug-likeness (QED) is 0.777. The van der Waals surface area contributed by atoms with Gasteiger partial charge in [-0.05, 0) is 30.7 Å². The number of nitrogens with zero attached hydrogens (tertiary/aromatic N) is 1. The van der Waals surface area contributed by atoms with Crippen molar-refractivity contribution in [2.45, 2.75) is 13.0 Å². The Kier molecular flexibility index (Phi) is 5.57. The van der Waals surface area contributed by atoms with E-state index in [1.165, 1.54) is 0 Å². The lowest BCUT2D eigenvalue weighted by molar-refractivity contribution is -0.145. The van der Waals surface area contributed by atoms with Crippen LogP contribution in [0, 0.1) is 0 Å². The van der Waals surface area contributed by atoms with E-state index in [1.54, 1.807) is 12.0 Å². The van der Waals surface area contributed by atoms with Gasteiger partial charge in [0.2, 0.25) is 0 Å². The van der Waals surface area contributed by atoms with Gasteiger partial charge in [0.15, 0.2) is 0 Å². The maximum absolute atomic E-state index is 12.0. The lowest BCUT2D eigenvalue weighted by Crippen LogP contribution is -2.44. The minimum absolute atomic E-state index is 0.334. The van der Waals surface area contributed by atoms with Crippen molar-refractivity contribution < 1.29 is 14.3 Å². The van der Waals surface area contributed by atoms with Crippen molar-refractivity contribution in [3.05, 3.63) is 29.8 Å². The molecule has 0 unspecified atom stereocenters. The van der Waals surface area contributed by atoms with Gasteiger partial charge in [0, 0.05) is 26.2 Å². The number of hydrogen-bond acceptors (Lipinski definition) is 4. The molecule has 0 bridgehead atoms. The third-order valence-corrected chi connectivity index (χ3v) is 3.43. The fraction of sp³-hybridized carbons (Fsp3) is 0.467. The summed E-state index contributed by atoms with van der Waals surface area (Å²) in [7, 11) is 1.60. The number of carbonyl (C=O) groups is 2. The summed E-state index contributed by atoms with van der Waals surface area (Å²) < 4.78 is 5.07. The van der Waals surface area contributed by atoms with Crippen molar-refractivity contribution in [2.24, 2.45) is 0 Å². The normalized spacial score (nSPS) is 15.2. The highest BCUT2D eigenvalue weighted by Crippen LogP contribution is 2.10. The molecule has 0 atom stereocenters. The van der Waals surface area contributed by atoms with Crippen LogP contribution < -0.4 is 15.4 Å². The molecule has 1 saturated heterocycles. The third kappa shape index (κ3) is 4.46. The topological polar surface area (TPSA) is 70.7 Å². The second-order valence-corrected chi connectivity index (χ2v) is 4.93. The first-order valence-corrected chi connectivity index (χ1v) is 7.11. The molecule has 6 heteroatoms. The van der Waals surface area contributed by atoms with Crippen molar-refractivity contribution in [3.8, 4) is 5.75 Å². The first-order chi connectivity index (χ1) is 10.2. The van der Waals surface area contributed by atoms with E-state index >= 15 is 0 Å². The molecule has 0 aromatic heterocycles. The molecule has 1 fully saturated rings. The fourth-order valence-electron chi connectivity index (χ4n) is 2.19. The number of rotatable bonds is 3. The molecule has 0 radical (unpaired) electrons. The van der Waals surface area contributed by atoms with E-state index in [9.17, 15) is 9.59 Å². The van der Waals surface area contributed by atoms with Crippen LogP contribution >= 0.6 is 0 Å². The minimum atomic E-state index is -0.548. The molecule has 1 aromatic carbocycles. The summed E-state index contributed by atoms with van der Waals surface area (Å²) in [5.41, 5.74) is 0.925. The molecule has 0 spiro atoms. The third-order valence-electron chi connectivity index (χ3n) is 3.43. The SMILES string of the molecule is COc1ccc(CNC(=O)C(=O)N2CCCNCC2)cc1. The molecule has 6 nitrogen and oxygen atoms in total. The number of carbonyl (C=O) groups excluding carboxylic acids is 2. The van der Waals surface area contributed by atoms with Crippen LogP contribution in [0.4, 0.5) is 0 Å². The van der Waals surface area contributed by atoms with Gasteiger partial charge >= 0.3 is 11.8 Å². The van der Waals surface area contributed by atoms with Crippen LogP contribution in [-0.2, 0) is 16.1 Å². The number of methoxy groups -OCH3 is 1. The Morgan fingerprint density at radius 2 is 2.00 bits per heavy atom. The van der Waals surface area contributed by atoms with Crippen LogP contribution in [0.3, 0.4) is 0 Å². The van der Waals surface area contributed by atoms with E-state index in [2.05, 4.69) is 10.6 Å². The number of hydrogen-bond donors (Lipinski definition) is 2. The summed E-state index contributed by atoms with van der Waals surface area (Å²) in [6.07, 6.45) is 0.873. The van der Waals surface area contributed by atoms with Crippen LogP contribution in [0.1, 0.15) is 12.0 Å². The van der Waals surface area contributed by atoms with Gasteiger partial charge in [0.05, 0.1) is 7.11 Å². The van der Waals surface area contributed by atoms with Crippen molar-refractivity contribution in [3.63, 3.8) is 0 Å². The summed E-state index contributed by atoms with van der Waals surface area (Å²) in [5.74, 6) is -0.238. The standard InChI is InChI=1S/C15H21N3O3/c1-21-13-5-3-12(4-6-13)11-17-14(19)15(20)18-9-2-7-16-8-10-18/h3-6,16H,2,7-11H2,1H3,(H,17,19). The Morgan fingerprint density at radius 3 is 2.71 bits per heavy atom. The van der Waals surface area contributed by atoms with Crippen LogP contribution in [0.15, 0.2) is 24.3 Å². The molecule has 1 heterocycles. The lowest BCUT2D eigenvalue weighted by Gasteiger charge is -2.19. The predicted octanol–water partition coefficient (Wildman–Crippen LogP) is 0.133. The summed E-state index contributed by atoms with van der Waals surface area (Å²) >= 11 is 0. The molecule has 21 heavy (non-hydrogen) atoms. The second-order valence-electron chi connectivity index (χ2n) is 4.93. The zero-order valence-electron chi connectivity index (χ0n) is 12.2. The van der Waals surface area contributed by atoms with Gasteiger partial charge in [0.25, 0.3) is 0 Å². The van der Waals surface area contributed by atoms with Gasteiger partial charge in [-0.2, -0.15) is 0 Å². The summed E-state index contributed by atoms with van der Waals surface area (Å²) in [6.45, 7) is 3.16. The largest absolute Gasteiger partial charge is 0.497 e. The van der Waals surface area contributed by atoms with Crippen molar-refractivity contribution in [2.75, 3.05) is 33.3 Å². The molecule has 114 valence electrons. The molecule has 2 rings (SSSR count). The number of amides is 2. The van der Waals surface area contributed by atoms with Gasteiger partial charge in [-0.1, -0.05) is 12.1 Å². The van der Waals surface area contributed by atoms with Gasteiger partial charge < -0.3 is 20.3 Å². The van der Waals surface area contributed by atoms with E-state index in [0.29, 0.717) is 19.6 Å². The molecular weight excluding hydrogens is 270 g/mol. The Bertz CT molecular complexity index is 479. The van der Waals surface area contributed by atoms with Gasteiger partial charge in [0.1, 0.15) is 5.75 Å². The molecule has 1 aromatic rings. The zero-order valence-corrected chi connectivity index (χ0v) is 12.2. The van der Waals surface area contributed by atoms with Gasteiger partial charge in [-0.3, -0.25) is 9.59 Å². The van der Waals surface area contributed by atoms with E-state index in [4.69, 9.17) is 4.74 Å². The molecule has 2 N–H and O–H groups in total. The van der Waals surface area contributed by atoms with E-state index in [-0.39, 0.29) is 0 Å². The Balaban J connectivity index is 1.83. The highest BCUT2D eigenvalue weighted by atomic mass is 16.5. The Labute approximate surface area is 124 Å². The van der Waals surface area contributed by atoms with E-state index < -0.39 is 11.8 Å². The van der Waals surface area contributed by atoms with Crippen molar-refractivity contribution in [1.82, 2.24) is 15.5 Å². The Morgan fingerprint density at radius 1 is 1.24 bits per heavy atom. The fourth-order valence-corrected chi connectivity index (χ4v) is 2.19. The molecule has 1 aliphatic heterocycles. The Hall–Kier alpha value is -2.08. The summed E-state index contributed by atoms with van der Waals surface area (Å²) in [4.78, 5) is 25.5. The molecule has 0 aliphatic carbocycles. The minimum Gasteiger partial charge on any atom is -0.497 e. The maximum atomic E-state index is 12.0. The first kappa shape index (κ1) is 15.3. The summed E-state index contributed by atoms with van der Waals surface area (Å²) in [5, 5.41) is 5.86. The highest BCUT2D eigenvalue weighted by Gasteiger charge is 2.21. The van der Waals surface area contributed by atoms with Gasteiger partial charge in [-0.25, -0.2) is 0 Å².